The van der Waals surface area contributed by atoms with Crippen molar-refractivity contribution in [2.45, 2.75) is 64.8 Å². The van der Waals surface area contributed by atoms with E-state index in [0.29, 0.717) is 0 Å². The number of ether oxygens (including phenoxy) is 1. The average molecular weight is 227 g/mol. The second-order valence-corrected chi connectivity index (χ2v) is 5.00. The van der Waals surface area contributed by atoms with Gasteiger partial charge in [0.2, 0.25) is 0 Å². The van der Waals surface area contributed by atoms with Crippen molar-refractivity contribution < 1.29 is 4.74 Å². The van der Waals surface area contributed by atoms with E-state index in [1.807, 2.05) is 0 Å². The highest BCUT2D eigenvalue weighted by atomic mass is 16.5. The second kappa shape index (κ2) is 9.00. The molecule has 1 saturated carbocycles. The summed E-state index contributed by atoms with van der Waals surface area (Å²) in [5, 5.41) is 3.71. The molecule has 1 rings (SSSR count). The van der Waals surface area contributed by atoms with Gasteiger partial charge in [-0.05, 0) is 45.1 Å². The van der Waals surface area contributed by atoms with E-state index in [1.54, 1.807) is 0 Å². The highest BCUT2D eigenvalue weighted by molar-refractivity contribution is 4.77. The summed E-state index contributed by atoms with van der Waals surface area (Å²) < 4.78 is 5.33. The maximum atomic E-state index is 5.33. The topological polar surface area (TPSA) is 21.3 Å². The van der Waals surface area contributed by atoms with E-state index in [0.717, 1.165) is 25.2 Å². The third kappa shape index (κ3) is 5.86. The standard InChI is InChI=1S/C14H29NO/c1-3-13-8-7-9-14(12-13)15-10-5-6-11-16-4-2/h13-15H,3-12H2,1-2H3. The summed E-state index contributed by atoms with van der Waals surface area (Å²) in [6, 6.07) is 0.797. The van der Waals surface area contributed by atoms with Gasteiger partial charge in [0.25, 0.3) is 0 Å². The van der Waals surface area contributed by atoms with Gasteiger partial charge < -0.3 is 10.1 Å². The summed E-state index contributed by atoms with van der Waals surface area (Å²) in [6.07, 6.45) is 9.50. The fourth-order valence-corrected chi connectivity index (χ4v) is 2.63. The van der Waals surface area contributed by atoms with Gasteiger partial charge >= 0.3 is 0 Å². The largest absolute Gasteiger partial charge is 0.382 e. The van der Waals surface area contributed by atoms with Crippen molar-refractivity contribution in [1.82, 2.24) is 5.32 Å². The van der Waals surface area contributed by atoms with Crippen molar-refractivity contribution in [3.05, 3.63) is 0 Å². The number of hydrogen-bond donors (Lipinski definition) is 1. The molecule has 2 unspecified atom stereocenters. The molecular weight excluding hydrogens is 198 g/mol. The minimum atomic E-state index is 0.797. The Bertz CT molecular complexity index is 161. The normalized spacial score (nSPS) is 25.9. The van der Waals surface area contributed by atoms with E-state index in [9.17, 15) is 0 Å². The van der Waals surface area contributed by atoms with E-state index < -0.39 is 0 Å². The van der Waals surface area contributed by atoms with Crippen molar-refractivity contribution in [3.8, 4) is 0 Å². The molecule has 0 aliphatic heterocycles. The lowest BCUT2D eigenvalue weighted by atomic mass is 9.84. The molecule has 0 aromatic heterocycles. The van der Waals surface area contributed by atoms with E-state index in [4.69, 9.17) is 4.74 Å². The van der Waals surface area contributed by atoms with E-state index >= 15 is 0 Å². The van der Waals surface area contributed by atoms with Crippen LogP contribution in [0.3, 0.4) is 0 Å². The molecule has 0 amide bonds. The molecule has 1 aliphatic carbocycles. The molecule has 1 aliphatic rings. The molecule has 96 valence electrons. The molecule has 1 fully saturated rings. The molecule has 2 atom stereocenters. The van der Waals surface area contributed by atoms with Gasteiger partial charge in [0.15, 0.2) is 0 Å². The number of nitrogens with one attached hydrogen (secondary N) is 1. The van der Waals surface area contributed by atoms with Crippen LogP contribution in [0.1, 0.15) is 58.8 Å². The predicted octanol–water partition coefficient (Wildman–Crippen LogP) is 3.36. The zero-order valence-corrected chi connectivity index (χ0v) is 11.1. The number of rotatable bonds is 8. The monoisotopic (exact) mass is 227 g/mol. The maximum Gasteiger partial charge on any atom is 0.0466 e. The Balaban J connectivity index is 1.95. The Labute approximate surface area is 101 Å². The van der Waals surface area contributed by atoms with Gasteiger partial charge in [-0.15, -0.1) is 0 Å². The summed E-state index contributed by atoms with van der Waals surface area (Å²) in [6.45, 7) is 7.35. The molecule has 0 radical (unpaired) electrons. The molecule has 0 spiro atoms. The van der Waals surface area contributed by atoms with Crippen LogP contribution in [0, 0.1) is 5.92 Å². The van der Waals surface area contributed by atoms with E-state index in [1.165, 1.54) is 51.5 Å². The first kappa shape index (κ1) is 14.0. The molecule has 1 N–H and O–H groups in total. The van der Waals surface area contributed by atoms with Gasteiger partial charge in [0.05, 0.1) is 0 Å². The quantitative estimate of drug-likeness (QED) is 0.642. The van der Waals surface area contributed by atoms with Crippen molar-refractivity contribution in [2.24, 2.45) is 5.92 Å². The summed E-state index contributed by atoms with van der Waals surface area (Å²) in [7, 11) is 0. The zero-order valence-electron chi connectivity index (χ0n) is 11.1. The highest BCUT2D eigenvalue weighted by Gasteiger charge is 2.19. The molecule has 0 aromatic carbocycles. The summed E-state index contributed by atoms with van der Waals surface area (Å²) >= 11 is 0. The lowest BCUT2D eigenvalue weighted by Crippen LogP contribution is -2.34. The minimum Gasteiger partial charge on any atom is -0.382 e. The second-order valence-electron chi connectivity index (χ2n) is 5.00. The Kier molecular flexibility index (Phi) is 7.87. The lowest BCUT2D eigenvalue weighted by molar-refractivity contribution is 0.143. The Morgan fingerprint density at radius 1 is 1.19 bits per heavy atom. The van der Waals surface area contributed by atoms with Crippen molar-refractivity contribution in [3.63, 3.8) is 0 Å². The average Bonchev–Trinajstić information content (AvgIpc) is 2.34. The fourth-order valence-electron chi connectivity index (χ4n) is 2.63. The van der Waals surface area contributed by atoms with E-state index in [2.05, 4.69) is 19.2 Å². The molecular formula is C14H29NO. The SMILES string of the molecule is CCOCCCCNC1CCCC(CC)C1. The van der Waals surface area contributed by atoms with E-state index in [-0.39, 0.29) is 0 Å². The molecule has 0 saturated heterocycles. The third-order valence-electron chi connectivity index (χ3n) is 3.71. The fraction of sp³-hybridized carbons (Fsp3) is 1.00. The van der Waals surface area contributed by atoms with Crippen LogP contribution in [0.2, 0.25) is 0 Å². The third-order valence-corrected chi connectivity index (χ3v) is 3.71. The van der Waals surface area contributed by atoms with Crippen LogP contribution in [0.25, 0.3) is 0 Å². The Morgan fingerprint density at radius 2 is 2.06 bits per heavy atom. The van der Waals surface area contributed by atoms with Crippen molar-refractivity contribution >= 4 is 0 Å². The number of unbranched alkanes of at least 4 members (excludes halogenated alkanes) is 1. The van der Waals surface area contributed by atoms with Crippen molar-refractivity contribution in [1.29, 1.82) is 0 Å². The first-order chi connectivity index (χ1) is 7.86. The van der Waals surface area contributed by atoms with Gasteiger partial charge in [-0.3, -0.25) is 0 Å². The van der Waals surface area contributed by atoms with Crippen molar-refractivity contribution in [2.75, 3.05) is 19.8 Å². The predicted molar refractivity (Wildman–Crippen MR) is 69.8 cm³/mol. The highest BCUT2D eigenvalue weighted by Crippen LogP contribution is 2.26. The van der Waals surface area contributed by atoms with Gasteiger partial charge in [-0.25, -0.2) is 0 Å². The van der Waals surface area contributed by atoms with Crippen LogP contribution >= 0.6 is 0 Å². The number of hydrogen-bond acceptors (Lipinski definition) is 2. The van der Waals surface area contributed by atoms with Gasteiger partial charge in [0, 0.05) is 19.3 Å². The molecule has 16 heavy (non-hydrogen) atoms. The molecule has 0 aromatic rings. The van der Waals surface area contributed by atoms with Gasteiger partial charge in [-0.2, -0.15) is 0 Å². The first-order valence-corrected chi connectivity index (χ1v) is 7.18. The van der Waals surface area contributed by atoms with Crippen LogP contribution in [0.4, 0.5) is 0 Å². The van der Waals surface area contributed by atoms with Gasteiger partial charge in [0.1, 0.15) is 0 Å². The van der Waals surface area contributed by atoms with Crippen LogP contribution in [-0.4, -0.2) is 25.8 Å². The van der Waals surface area contributed by atoms with Crippen LogP contribution in [0.15, 0.2) is 0 Å². The Morgan fingerprint density at radius 3 is 2.81 bits per heavy atom. The smallest absolute Gasteiger partial charge is 0.0466 e. The molecule has 0 bridgehead atoms. The zero-order chi connectivity index (χ0) is 11.6. The van der Waals surface area contributed by atoms with Crippen LogP contribution < -0.4 is 5.32 Å². The summed E-state index contributed by atoms with van der Waals surface area (Å²) in [5.74, 6) is 0.981. The maximum absolute atomic E-state index is 5.33. The Hall–Kier alpha value is -0.0800. The molecule has 2 nitrogen and oxygen atoms in total. The van der Waals surface area contributed by atoms with Crippen LogP contribution in [-0.2, 0) is 4.74 Å². The molecule has 2 heteroatoms. The van der Waals surface area contributed by atoms with Gasteiger partial charge in [-0.1, -0.05) is 26.2 Å². The summed E-state index contributed by atoms with van der Waals surface area (Å²) in [4.78, 5) is 0. The van der Waals surface area contributed by atoms with Crippen LogP contribution in [0.5, 0.6) is 0 Å². The minimum absolute atomic E-state index is 0.797. The first-order valence-electron chi connectivity index (χ1n) is 7.18. The molecule has 0 heterocycles. The lowest BCUT2D eigenvalue weighted by Gasteiger charge is -2.29. The summed E-state index contributed by atoms with van der Waals surface area (Å²) in [5.41, 5.74) is 0.